The molecule has 0 aromatic rings. The van der Waals surface area contributed by atoms with Crippen LogP contribution in [0.15, 0.2) is 0 Å². The van der Waals surface area contributed by atoms with E-state index in [1.807, 2.05) is 0 Å². The predicted octanol–water partition coefficient (Wildman–Crippen LogP) is 2.77. The molecule has 2 rings (SSSR count). The van der Waals surface area contributed by atoms with Crippen LogP contribution in [0.1, 0.15) is 57.8 Å². The zero-order valence-corrected chi connectivity index (χ0v) is 10.9. The van der Waals surface area contributed by atoms with Crippen molar-refractivity contribution in [2.24, 2.45) is 11.1 Å². The smallest absolute Gasteiger partial charge is 0.00924 e. The largest absolute Gasteiger partial charge is 0.330 e. The van der Waals surface area contributed by atoms with E-state index in [1.54, 1.807) is 0 Å². The maximum Gasteiger partial charge on any atom is 0.00924 e. The average Bonchev–Trinajstić information content (AvgIpc) is 2.79. The molecule has 0 heterocycles. The van der Waals surface area contributed by atoms with Crippen LogP contribution in [0.4, 0.5) is 0 Å². The van der Waals surface area contributed by atoms with Gasteiger partial charge in [0.2, 0.25) is 0 Å². The third kappa shape index (κ3) is 2.78. The summed E-state index contributed by atoms with van der Waals surface area (Å²) in [5.41, 5.74) is 6.48. The van der Waals surface area contributed by atoms with Gasteiger partial charge in [-0.2, -0.15) is 0 Å². The van der Waals surface area contributed by atoms with E-state index in [9.17, 15) is 0 Å². The Kier molecular flexibility index (Phi) is 4.26. The molecule has 16 heavy (non-hydrogen) atoms. The van der Waals surface area contributed by atoms with Gasteiger partial charge >= 0.3 is 0 Å². The van der Waals surface area contributed by atoms with Gasteiger partial charge < -0.3 is 10.6 Å². The van der Waals surface area contributed by atoms with Crippen LogP contribution in [0.5, 0.6) is 0 Å². The van der Waals surface area contributed by atoms with Gasteiger partial charge in [-0.3, -0.25) is 0 Å². The van der Waals surface area contributed by atoms with Gasteiger partial charge in [0.15, 0.2) is 0 Å². The summed E-state index contributed by atoms with van der Waals surface area (Å²) >= 11 is 0. The molecule has 0 unspecified atom stereocenters. The van der Waals surface area contributed by atoms with Crippen LogP contribution in [0.25, 0.3) is 0 Å². The summed E-state index contributed by atoms with van der Waals surface area (Å²) in [6.45, 7) is 2.14. The highest BCUT2D eigenvalue weighted by atomic mass is 15.1. The van der Waals surface area contributed by atoms with Gasteiger partial charge in [0.1, 0.15) is 0 Å². The maximum atomic E-state index is 6.02. The quantitative estimate of drug-likeness (QED) is 0.795. The molecule has 0 atom stereocenters. The van der Waals surface area contributed by atoms with Gasteiger partial charge in [0.05, 0.1) is 0 Å². The molecule has 0 saturated heterocycles. The number of nitrogens with zero attached hydrogens (tertiary/aromatic N) is 1. The van der Waals surface area contributed by atoms with Crippen molar-refractivity contribution in [3.63, 3.8) is 0 Å². The highest BCUT2D eigenvalue weighted by Gasteiger charge is 2.34. The molecule has 2 N–H and O–H groups in total. The number of rotatable bonds is 4. The van der Waals surface area contributed by atoms with Crippen molar-refractivity contribution >= 4 is 0 Å². The fraction of sp³-hybridized carbons (Fsp3) is 1.00. The van der Waals surface area contributed by atoms with Crippen molar-refractivity contribution in [3.05, 3.63) is 0 Å². The molecule has 2 aliphatic rings. The highest BCUT2D eigenvalue weighted by Crippen LogP contribution is 2.38. The zero-order chi connectivity index (χ0) is 11.4. The van der Waals surface area contributed by atoms with Crippen molar-refractivity contribution in [1.82, 2.24) is 4.90 Å². The van der Waals surface area contributed by atoms with Gasteiger partial charge in [-0.1, -0.05) is 32.1 Å². The lowest BCUT2D eigenvalue weighted by Crippen LogP contribution is -2.44. The molecule has 94 valence electrons. The topological polar surface area (TPSA) is 29.3 Å². The Labute approximate surface area is 101 Å². The van der Waals surface area contributed by atoms with Crippen molar-refractivity contribution < 1.29 is 0 Å². The fourth-order valence-electron chi connectivity index (χ4n) is 3.73. The summed E-state index contributed by atoms with van der Waals surface area (Å²) in [6.07, 6.45) is 12.7. The van der Waals surface area contributed by atoms with E-state index < -0.39 is 0 Å². The number of hydrogen-bond acceptors (Lipinski definition) is 2. The molecule has 2 nitrogen and oxygen atoms in total. The summed E-state index contributed by atoms with van der Waals surface area (Å²) in [6, 6.07) is 0.845. The van der Waals surface area contributed by atoms with E-state index in [1.165, 1.54) is 64.3 Å². The van der Waals surface area contributed by atoms with Crippen LogP contribution in [-0.2, 0) is 0 Å². The molecule has 2 aliphatic carbocycles. The van der Waals surface area contributed by atoms with Crippen molar-refractivity contribution in [1.29, 1.82) is 0 Å². The SMILES string of the molecule is CN(CC1(CN)CCCC1)C1CCCCC1. The lowest BCUT2D eigenvalue weighted by Gasteiger charge is -2.38. The van der Waals surface area contributed by atoms with E-state index in [-0.39, 0.29) is 0 Å². The first-order valence-corrected chi connectivity index (χ1v) is 7.16. The summed E-state index contributed by atoms with van der Waals surface area (Å²) in [7, 11) is 2.33. The monoisotopic (exact) mass is 224 g/mol. The molecule has 0 aromatic carbocycles. The Hall–Kier alpha value is -0.0800. The third-order valence-electron chi connectivity index (χ3n) is 4.88. The standard InChI is InChI=1S/C14H28N2/c1-16(13-7-3-2-4-8-13)12-14(11-15)9-5-6-10-14/h13H,2-12,15H2,1H3. The van der Waals surface area contributed by atoms with E-state index in [4.69, 9.17) is 5.73 Å². The van der Waals surface area contributed by atoms with Gasteiger partial charge in [-0.25, -0.2) is 0 Å². The summed E-state index contributed by atoms with van der Waals surface area (Å²) in [4.78, 5) is 2.62. The van der Waals surface area contributed by atoms with E-state index in [0.717, 1.165) is 12.6 Å². The van der Waals surface area contributed by atoms with E-state index in [0.29, 0.717) is 5.41 Å². The minimum Gasteiger partial charge on any atom is -0.330 e. The molecule has 0 aliphatic heterocycles. The van der Waals surface area contributed by atoms with Crippen molar-refractivity contribution in [2.45, 2.75) is 63.8 Å². The number of hydrogen-bond donors (Lipinski definition) is 1. The van der Waals surface area contributed by atoms with Crippen LogP contribution in [0.2, 0.25) is 0 Å². The highest BCUT2D eigenvalue weighted by molar-refractivity contribution is 4.89. The van der Waals surface area contributed by atoms with E-state index in [2.05, 4.69) is 11.9 Å². The van der Waals surface area contributed by atoms with Crippen molar-refractivity contribution in [2.75, 3.05) is 20.1 Å². The third-order valence-corrected chi connectivity index (χ3v) is 4.88. The van der Waals surface area contributed by atoms with Crippen LogP contribution in [0.3, 0.4) is 0 Å². The Morgan fingerprint density at radius 2 is 1.69 bits per heavy atom. The van der Waals surface area contributed by atoms with Crippen LogP contribution < -0.4 is 5.73 Å². The molecule has 0 radical (unpaired) electrons. The average molecular weight is 224 g/mol. The van der Waals surface area contributed by atoms with Gasteiger partial charge in [0.25, 0.3) is 0 Å². The molecule has 2 saturated carbocycles. The van der Waals surface area contributed by atoms with Crippen LogP contribution in [0, 0.1) is 5.41 Å². The van der Waals surface area contributed by atoms with Gasteiger partial charge in [-0.15, -0.1) is 0 Å². The predicted molar refractivity (Wildman–Crippen MR) is 69.5 cm³/mol. The first kappa shape index (κ1) is 12.4. The van der Waals surface area contributed by atoms with Gasteiger partial charge in [0, 0.05) is 12.6 Å². The van der Waals surface area contributed by atoms with Crippen LogP contribution in [-0.4, -0.2) is 31.1 Å². The molecular weight excluding hydrogens is 196 g/mol. The second-order valence-electron chi connectivity index (χ2n) is 6.12. The lowest BCUT2D eigenvalue weighted by molar-refractivity contribution is 0.119. The molecule has 0 spiro atoms. The summed E-state index contributed by atoms with van der Waals surface area (Å²) in [5, 5.41) is 0. The summed E-state index contributed by atoms with van der Waals surface area (Å²) in [5.74, 6) is 0. The fourth-order valence-corrected chi connectivity index (χ4v) is 3.73. The zero-order valence-electron chi connectivity index (χ0n) is 10.9. The Morgan fingerprint density at radius 3 is 2.25 bits per heavy atom. The lowest BCUT2D eigenvalue weighted by atomic mass is 9.84. The number of nitrogens with two attached hydrogens (primary N) is 1. The van der Waals surface area contributed by atoms with Crippen molar-refractivity contribution in [3.8, 4) is 0 Å². The van der Waals surface area contributed by atoms with Crippen LogP contribution >= 0.6 is 0 Å². The molecule has 0 bridgehead atoms. The second kappa shape index (κ2) is 5.50. The molecule has 0 amide bonds. The second-order valence-corrected chi connectivity index (χ2v) is 6.12. The minimum absolute atomic E-state index is 0.464. The molecule has 2 fully saturated rings. The van der Waals surface area contributed by atoms with Gasteiger partial charge in [-0.05, 0) is 44.7 Å². The first-order valence-electron chi connectivity index (χ1n) is 7.16. The Bertz CT molecular complexity index is 203. The van der Waals surface area contributed by atoms with E-state index >= 15 is 0 Å². The molecule has 0 aromatic heterocycles. The summed E-state index contributed by atoms with van der Waals surface area (Å²) < 4.78 is 0. The molecular formula is C14H28N2. The Balaban J connectivity index is 1.86. The minimum atomic E-state index is 0.464. The maximum absolute atomic E-state index is 6.02. The Morgan fingerprint density at radius 1 is 1.06 bits per heavy atom. The normalized spacial score (nSPS) is 26.4. The molecule has 2 heteroatoms. The first-order chi connectivity index (χ1) is 7.76.